The molecule has 0 aliphatic rings. The number of aromatic amines is 1. The summed E-state index contributed by atoms with van der Waals surface area (Å²) in [5.41, 5.74) is 4.47. The fourth-order valence-corrected chi connectivity index (χ4v) is 4.05. The van der Waals surface area contributed by atoms with Crippen molar-refractivity contribution in [2.75, 3.05) is 11.9 Å². The van der Waals surface area contributed by atoms with Crippen LogP contribution in [0, 0.1) is 0 Å². The minimum atomic E-state index is -0.591. The Bertz CT molecular complexity index is 1430. The summed E-state index contributed by atoms with van der Waals surface area (Å²) in [6, 6.07) is 24.4. The highest BCUT2D eigenvalue weighted by molar-refractivity contribution is 7.14. The molecule has 2 heterocycles. The number of nitrogens with one attached hydrogen (secondary N) is 2. The van der Waals surface area contributed by atoms with Gasteiger partial charge in [0.2, 0.25) is 0 Å². The zero-order valence-electron chi connectivity index (χ0n) is 17.3. The molecule has 8 heteroatoms. The molecule has 0 radical (unpaired) electrons. The van der Waals surface area contributed by atoms with Crippen molar-refractivity contribution in [1.29, 1.82) is 0 Å². The van der Waals surface area contributed by atoms with Crippen LogP contribution in [0.3, 0.4) is 0 Å². The second kappa shape index (κ2) is 9.05. The molecule has 2 aromatic heterocycles. The van der Waals surface area contributed by atoms with E-state index in [1.807, 2.05) is 66.0 Å². The van der Waals surface area contributed by atoms with E-state index in [1.54, 1.807) is 18.2 Å². The lowest BCUT2D eigenvalue weighted by Gasteiger charge is -2.05. The molecule has 5 aromatic rings. The van der Waals surface area contributed by atoms with Crippen LogP contribution in [0.25, 0.3) is 33.7 Å². The quantitative estimate of drug-likeness (QED) is 0.346. The zero-order chi connectivity index (χ0) is 22.6. The lowest BCUT2D eigenvalue weighted by molar-refractivity contribution is -0.119. The predicted molar refractivity (Wildman–Crippen MR) is 128 cm³/mol. The maximum Gasteiger partial charge on any atom is 0.338 e. The van der Waals surface area contributed by atoms with Crippen molar-refractivity contribution < 1.29 is 14.3 Å². The van der Waals surface area contributed by atoms with Crippen LogP contribution in [-0.2, 0) is 9.53 Å². The molecule has 0 spiro atoms. The van der Waals surface area contributed by atoms with Crippen molar-refractivity contribution in [1.82, 2.24) is 15.0 Å². The van der Waals surface area contributed by atoms with Crippen molar-refractivity contribution >= 4 is 39.4 Å². The Labute approximate surface area is 193 Å². The van der Waals surface area contributed by atoms with E-state index in [1.165, 1.54) is 11.3 Å². The SMILES string of the molecule is O=C(COC(=O)c1ccc2nc(-c3ccccc3)[nH]c2c1)Nc1nc(-c2ccccc2)cs1. The third-order valence-electron chi connectivity index (χ3n) is 4.92. The van der Waals surface area contributed by atoms with Crippen LogP contribution in [0.15, 0.2) is 84.2 Å². The summed E-state index contributed by atoms with van der Waals surface area (Å²) >= 11 is 1.31. The van der Waals surface area contributed by atoms with Crippen LogP contribution in [-0.4, -0.2) is 33.4 Å². The Morgan fingerprint density at radius 1 is 0.909 bits per heavy atom. The van der Waals surface area contributed by atoms with E-state index >= 15 is 0 Å². The number of benzene rings is 3. The molecule has 1 amide bonds. The van der Waals surface area contributed by atoms with Crippen LogP contribution < -0.4 is 5.32 Å². The number of anilines is 1. The highest BCUT2D eigenvalue weighted by Crippen LogP contribution is 2.25. The van der Waals surface area contributed by atoms with Crippen LogP contribution in [0.4, 0.5) is 5.13 Å². The fraction of sp³-hybridized carbons (Fsp3) is 0.0400. The zero-order valence-corrected chi connectivity index (χ0v) is 18.1. The van der Waals surface area contributed by atoms with Gasteiger partial charge in [-0.15, -0.1) is 11.3 Å². The number of amides is 1. The average Bonchev–Trinajstić information content (AvgIpc) is 3.50. The van der Waals surface area contributed by atoms with Gasteiger partial charge in [-0.25, -0.2) is 14.8 Å². The van der Waals surface area contributed by atoms with Gasteiger partial charge in [-0.2, -0.15) is 0 Å². The van der Waals surface area contributed by atoms with Crippen molar-refractivity contribution in [3.63, 3.8) is 0 Å². The third kappa shape index (κ3) is 4.65. The second-order valence-corrected chi connectivity index (χ2v) is 8.07. The minimum absolute atomic E-state index is 0.333. The highest BCUT2D eigenvalue weighted by atomic mass is 32.1. The standard InChI is InChI=1S/C25H18N4O3S/c30-22(29-25-28-21(15-33-25)16-7-3-1-4-8-16)14-32-24(31)18-11-12-19-20(13-18)27-23(26-19)17-9-5-2-6-10-17/h1-13,15H,14H2,(H,26,27)(H,28,29,30). The molecule has 0 saturated carbocycles. The molecule has 3 aromatic carbocycles. The molecule has 0 saturated heterocycles. The molecule has 162 valence electrons. The third-order valence-corrected chi connectivity index (χ3v) is 5.68. The number of H-pyrrole nitrogens is 1. The number of thiazole rings is 1. The summed E-state index contributed by atoms with van der Waals surface area (Å²) in [5.74, 6) is -0.327. The number of ether oxygens (including phenoxy) is 1. The van der Waals surface area contributed by atoms with Gasteiger partial charge in [0, 0.05) is 16.5 Å². The van der Waals surface area contributed by atoms with Crippen molar-refractivity contribution in [2.45, 2.75) is 0 Å². The van der Waals surface area contributed by atoms with E-state index in [2.05, 4.69) is 20.3 Å². The second-order valence-electron chi connectivity index (χ2n) is 7.21. The monoisotopic (exact) mass is 454 g/mol. The molecule has 0 bridgehead atoms. The Hall–Kier alpha value is -4.30. The number of hydrogen-bond acceptors (Lipinski definition) is 6. The number of rotatable bonds is 6. The Balaban J connectivity index is 1.21. The molecule has 7 nitrogen and oxygen atoms in total. The summed E-state index contributed by atoms with van der Waals surface area (Å²) in [6.07, 6.45) is 0. The van der Waals surface area contributed by atoms with Gasteiger partial charge in [0.15, 0.2) is 11.7 Å². The van der Waals surface area contributed by atoms with Crippen molar-refractivity contribution in [3.05, 3.63) is 89.8 Å². The van der Waals surface area contributed by atoms with Gasteiger partial charge in [-0.3, -0.25) is 10.1 Å². The number of carbonyl (C=O) groups excluding carboxylic acids is 2. The first-order valence-corrected chi connectivity index (χ1v) is 11.1. The number of aromatic nitrogens is 3. The van der Waals surface area contributed by atoms with Gasteiger partial charge >= 0.3 is 5.97 Å². The number of imidazole rings is 1. The van der Waals surface area contributed by atoms with Gasteiger partial charge in [0.25, 0.3) is 5.91 Å². The first-order chi connectivity index (χ1) is 16.2. The normalized spacial score (nSPS) is 10.8. The minimum Gasteiger partial charge on any atom is -0.452 e. The van der Waals surface area contributed by atoms with Gasteiger partial charge < -0.3 is 9.72 Å². The maximum atomic E-state index is 12.5. The number of esters is 1. The molecular weight excluding hydrogens is 436 g/mol. The van der Waals surface area contributed by atoms with Crippen molar-refractivity contribution in [2.24, 2.45) is 0 Å². The van der Waals surface area contributed by atoms with Crippen LogP contribution in [0.2, 0.25) is 0 Å². The Morgan fingerprint density at radius 2 is 1.64 bits per heavy atom. The van der Waals surface area contributed by atoms with E-state index in [-0.39, 0.29) is 0 Å². The Morgan fingerprint density at radius 3 is 2.39 bits per heavy atom. The van der Waals surface area contributed by atoms with Crippen molar-refractivity contribution in [3.8, 4) is 22.6 Å². The number of fused-ring (bicyclic) bond motifs is 1. The van der Waals surface area contributed by atoms with Gasteiger partial charge in [0.05, 0.1) is 22.3 Å². The lowest BCUT2D eigenvalue weighted by atomic mass is 10.2. The molecule has 0 atom stereocenters. The number of hydrogen-bond donors (Lipinski definition) is 2. The predicted octanol–water partition coefficient (Wildman–Crippen LogP) is 5.15. The topological polar surface area (TPSA) is 97.0 Å². The first kappa shape index (κ1) is 20.6. The molecule has 2 N–H and O–H groups in total. The molecule has 5 rings (SSSR count). The lowest BCUT2D eigenvalue weighted by Crippen LogP contribution is -2.20. The van der Waals surface area contributed by atoms with Gasteiger partial charge in [-0.05, 0) is 18.2 Å². The summed E-state index contributed by atoms with van der Waals surface area (Å²) < 4.78 is 5.19. The molecule has 0 unspecified atom stereocenters. The summed E-state index contributed by atoms with van der Waals surface area (Å²) in [6.45, 7) is -0.407. The molecule has 0 aliphatic heterocycles. The van der Waals surface area contributed by atoms with E-state index in [0.717, 1.165) is 22.3 Å². The Kier molecular flexibility index (Phi) is 5.65. The van der Waals surface area contributed by atoms with E-state index < -0.39 is 18.5 Å². The number of carbonyl (C=O) groups is 2. The summed E-state index contributed by atoms with van der Waals surface area (Å²) in [4.78, 5) is 36.9. The largest absolute Gasteiger partial charge is 0.452 e. The van der Waals surface area contributed by atoms with E-state index in [9.17, 15) is 9.59 Å². The average molecular weight is 455 g/mol. The maximum absolute atomic E-state index is 12.5. The first-order valence-electron chi connectivity index (χ1n) is 10.2. The molecule has 0 fully saturated rings. The van der Waals surface area contributed by atoms with Crippen LogP contribution in [0.5, 0.6) is 0 Å². The summed E-state index contributed by atoms with van der Waals surface area (Å²) in [5, 5.41) is 4.97. The van der Waals surface area contributed by atoms with E-state index in [0.29, 0.717) is 22.0 Å². The summed E-state index contributed by atoms with van der Waals surface area (Å²) in [7, 11) is 0. The molecular formula is C25H18N4O3S. The fourth-order valence-electron chi connectivity index (χ4n) is 3.31. The van der Waals surface area contributed by atoms with E-state index in [4.69, 9.17) is 4.74 Å². The van der Waals surface area contributed by atoms with Crippen LogP contribution >= 0.6 is 11.3 Å². The van der Waals surface area contributed by atoms with Gasteiger partial charge in [0.1, 0.15) is 5.82 Å². The number of nitrogens with zero attached hydrogens (tertiary/aromatic N) is 2. The van der Waals surface area contributed by atoms with Crippen LogP contribution in [0.1, 0.15) is 10.4 Å². The van der Waals surface area contributed by atoms with Gasteiger partial charge in [-0.1, -0.05) is 60.7 Å². The molecule has 33 heavy (non-hydrogen) atoms. The smallest absolute Gasteiger partial charge is 0.338 e. The molecule has 0 aliphatic carbocycles. The highest BCUT2D eigenvalue weighted by Gasteiger charge is 2.14.